The number of benzene rings is 5. The Balaban J connectivity index is 0.952. The van der Waals surface area contributed by atoms with Crippen molar-refractivity contribution < 1.29 is 0 Å². The Kier molecular flexibility index (Phi) is 6.61. The van der Waals surface area contributed by atoms with Crippen molar-refractivity contribution in [1.29, 1.82) is 5.26 Å². The largest absolute Gasteiger partial charge is 0.309 e. The molecule has 354 valence electrons. The van der Waals surface area contributed by atoms with Crippen molar-refractivity contribution in [3.63, 3.8) is 0 Å². The van der Waals surface area contributed by atoms with Crippen molar-refractivity contribution in [1.82, 2.24) is 8.80 Å². The molecular formula is C68H62N4. The number of nitriles is 1. The lowest BCUT2D eigenvalue weighted by atomic mass is 9.66. The fraction of sp³-hybridized carbons (Fsp3) is 0.529. The van der Waals surface area contributed by atoms with Crippen molar-refractivity contribution >= 4 is 81.9 Å². The highest BCUT2D eigenvalue weighted by molar-refractivity contribution is 6.31. The van der Waals surface area contributed by atoms with Crippen LogP contribution in [0.2, 0.25) is 0 Å². The maximum absolute atomic E-state index is 11.4. The minimum atomic E-state index is 0.537. The first-order valence-electron chi connectivity index (χ1n) is 29.9. The van der Waals surface area contributed by atoms with E-state index in [1.54, 1.807) is 54.9 Å². The second-order valence-electron chi connectivity index (χ2n) is 28.6. The summed E-state index contributed by atoms with van der Waals surface area (Å²) in [5.41, 5.74) is 23.6. The van der Waals surface area contributed by atoms with Gasteiger partial charge in [0.15, 0.2) is 5.69 Å². The van der Waals surface area contributed by atoms with E-state index in [1.165, 1.54) is 194 Å². The Hall–Kier alpha value is -5.32. The van der Waals surface area contributed by atoms with Crippen LogP contribution in [0, 0.1) is 65.2 Å². The molecule has 4 heterocycles. The van der Waals surface area contributed by atoms with Gasteiger partial charge in [-0.25, -0.2) is 4.85 Å². The van der Waals surface area contributed by atoms with Gasteiger partial charge in [-0.1, -0.05) is 0 Å². The Morgan fingerprint density at radius 1 is 0.361 bits per heavy atom. The van der Waals surface area contributed by atoms with E-state index < -0.39 is 0 Å². The molecule has 25 rings (SSSR count). The van der Waals surface area contributed by atoms with Gasteiger partial charge in [-0.15, -0.1) is 0 Å². The van der Waals surface area contributed by atoms with E-state index in [2.05, 4.69) is 56.1 Å². The fourth-order valence-electron chi connectivity index (χ4n) is 24.0. The standard InChI is InChI=1S/C68H62N4/c1-70-52-27-56-64(62-44-20-35-5-36(21-44)17-42(16-35)60(52)62)66-59-41-14-31-3-32(15-41)9-38(8-31)47(59)24-51-49-25-53-48(26-54(49)72(56)68(51)66)50-23-46-37-6-29-2-30(7-37)13-40(12-29)58(46)65-63-55(71(53)67(50)65)22-45(28-69)57-39-10-33-4-34(11-39)19-43(18-33)61(57)63/h22-27,29-44H,2-21H2. The molecule has 72 heavy (non-hydrogen) atoms. The summed E-state index contributed by atoms with van der Waals surface area (Å²) in [5, 5.41) is 23.6. The molecule has 4 aromatic heterocycles. The highest BCUT2D eigenvalue weighted by Crippen LogP contribution is 2.66. The molecule has 0 amide bonds. The van der Waals surface area contributed by atoms with E-state index in [1.807, 2.05) is 0 Å². The second-order valence-corrected chi connectivity index (χ2v) is 28.6. The van der Waals surface area contributed by atoms with Gasteiger partial charge in [-0.05, 0) is 304 Å². The predicted molar refractivity (Wildman–Crippen MR) is 289 cm³/mol. The van der Waals surface area contributed by atoms with Gasteiger partial charge >= 0.3 is 0 Å². The van der Waals surface area contributed by atoms with Crippen LogP contribution >= 0.6 is 0 Å². The van der Waals surface area contributed by atoms with E-state index in [9.17, 15) is 5.26 Å². The molecule has 4 nitrogen and oxygen atoms in total. The third kappa shape index (κ3) is 4.31. The molecule has 0 N–H and O–H groups in total. The van der Waals surface area contributed by atoms with Crippen LogP contribution in [-0.2, 0) is 0 Å². The summed E-state index contributed by atoms with van der Waals surface area (Å²) in [7, 11) is 0. The normalized spacial score (nSPS) is 38.0. The molecule has 0 spiro atoms. The predicted octanol–water partition coefficient (Wildman–Crippen LogP) is 18.0. The van der Waals surface area contributed by atoms with Gasteiger partial charge in [-0.2, -0.15) is 5.26 Å². The molecule has 4 heteroatoms. The molecule has 0 aliphatic heterocycles. The number of fused-ring (bicyclic) bond motifs is 12. The van der Waals surface area contributed by atoms with E-state index >= 15 is 0 Å². The SMILES string of the molecule is [C-]#[N+]c1cc2c(c3c1C1CC4CC(C1)CC3C4)c1c3c(cc4c5cc6c(cc5n2c41)c1cc2c(c4c5c7c(c(C#N)cc5n6c14)C1CC4CC(C1)CC7C4)C1CC4CC(CC2C4)C1)C1CC2CC(C1)CC3C2. The Morgan fingerprint density at radius 3 is 1.14 bits per heavy atom. The van der Waals surface area contributed by atoms with E-state index in [0.717, 1.165) is 58.6 Å². The smallest absolute Gasteiger partial charge is 0.193 e. The molecule has 0 saturated heterocycles. The maximum Gasteiger partial charge on any atom is 0.193 e. The lowest BCUT2D eigenvalue weighted by Crippen LogP contribution is -2.25. The minimum absolute atomic E-state index is 0.537. The molecule has 16 aliphatic rings. The van der Waals surface area contributed by atoms with Crippen molar-refractivity contribution in [2.45, 2.75) is 176 Å². The average Bonchev–Trinajstić information content (AvgIpc) is 3.92. The zero-order chi connectivity index (χ0) is 46.0. The van der Waals surface area contributed by atoms with E-state index in [0.29, 0.717) is 47.3 Å². The number of hydrogen-bond acceptors (Lipinski definition) is 1. The number of nitrogens with zero attached hydrogens (tertiary/aromatic N) is 4. The second kappa shape index (κ2) is 12.4. The highest BCUT2D eigenvalue weighted by Gasteiger charge is 2.50. The van der Waals surface area contributed by atoms with Crippen molar-refractivity contribution in [2.75, 3.05) is 0 Å². The average molecular weight is 935 g/mol. The fourth-order valence-corrected chi connectivity index (χ4v) is 24.0. The van der Waals surface area contributed by atoms with Crippen LogP contribution in [0.4, 0.5) is 5.69 Å². The van der Waals surface area contributed by atoms with E-state index in [4.69, 9.17) is 6.57 Å². The van der Waals surface area contributed by atoms with Crippen LogP contribution < -0.4 is 0 Å². The summed E-state index contributed by atoms with van der Waals surface area (Å²) in [5.74, 6) is 11.6. The van der Waals surface area contributed by atoms with Gasteiger partial charge in [0.2, 0.25) is 0 Å². The van der Waals surface area contributed by atoms with Crippen LogP contribution in [0.3, 0.4) is 0 Å². The summed E-state index contributed by atoms with van der Waals surface area (Å²) in [4.78, 5) is 4.57. The highest BCUT2D eigenvalue weighted by atomic mass is 14.9. The van der Waals surface area contributed by atoms with Gasteiger partial charge in [0.25, 0.3) is 0 Å². The molecule has 8 saturated carbocycles. The van der Waals surface area contributed by atoms with E-state index in [-0.39, 0.29) is 0 Å². The zero-order valence-corrected chi connectivity index (χ0v) is 41.6. The van der Waals surface area contributed by atoms with Gasteiger partial charge in [0, 0.05) is 48.6 Å². The molecule has 16 bridgehead atoms. The Morgan fingerprint density at radius 2 is 0.722 bits per heavy atom. The zero-order valence-electron chi connectivity index (χ0n) is 41.6. The molecule has 8 unspecified atom stereocenters. The lowest BCUT2D eigenvalue weighted by molar-refractivity contribution is 0.166. The first-order chi connectivity index (χ1) is 35.5. The van der Waals surface area contributed by atoms with Gasteiger partial charge in [-0.3, -0.25) is 0 Å². The lowest BCUT2D eigenvalue weighted by Gasteiger charge is -2.38. The molecule has 8 atom stereocenters. The topological polar surface area (TPSA) is 37.0 Å². The Bertz CT molecular complexity index is 3860. The maximum atomic E-state index is 11.4. The van der Waals surface area contributed by atoms with Gasteiger partial charge in [0.05, 0.1) is 45.8 Å². The van der Waals surface area contributed by atoms with Crippen LogP contribution in [0.1, 0.15) is 226 Å². The number of hydrogen-bond donors (Lipinski definition) is 0. The molecule has 0 radical (unpaired) electrons. The number of rotatable bonds is 0. The summed E-state index contributed by atoms with van der Waals surface area (Å²) >= 11 is 0. The van der Waals surface area contributed by atoms with Crippen molar-refractivity contribution in [2.24, 2.45) is 47.3 Å². The monoisotopic (exact) mass is 934 g/mol. The summed E-state index contributed by atoms with van der Waals surface area (Å²) in [6.07, 6.45) is 27.2. The van der Waals surface area contributed by atoms with Gasteiger partial charge < -0.3 is 8.80 Å². The molecule has 9 aromatic rings. The van der Waals surface area contributed by atoms with Crippen molar-refractivity contribution in [3.05, 3.63) is 97.9 Å². The third-order valence-electron chi connectivity index (χ3n) is 25.2. The molecule has 8 fully saturated rings. The quantitative estimate of drug-likeness (QED) is 0.140. The van der Waals surface area contributed by atoms with Crippen molar-refractivity contribution in [3.8, 4) is 6.07 Å². The van der Waals surface area contributed by atoms with Crippen LogP contribution in [0.15, 0.2) is 36.4 Å². The molecular weight excluding hydrogens is 873 g/mol. The Labute approximate surface area is 421 Å². The number of aromatic nitrogens is 2. The third-order valence-corrected chi connectivity index (χ3v) is 25.2. The molecule has 5 aromatic carbocycles. The first kappa shape index (κ1) is 38.3. The van der Waals surface area contributed by atoms with Crippen LogP contribution in [-0.4, -0.2) is 8.80 Å². The first-order valence-corrected chi connectivity index (χ1v) is 29.9. The summed E-state index contributed by atoms with van der Waals surface area (Å²) < 4.78 is 5.56. The van der Waals surface area contributed by atoms with Crippen LogP contribution in [0.25, 0.3) is 81.0 Å². The minimum Gasteiger partial charge on any atom is -0.309 e. The summed E-state index contributed by atoms with van der Waals surface area (Å²) in [6.45, 7) is 8.96. The van der Waals surface area contributed by atoms with Crippen LogP contribution in [0.5, 0.6) is 0 Å². The molecule has 16 aliphatic carbocycles. The summed E-state index contributed by atoms with van der Waals surface area (Å²) in [6, 6.07) is 18.8. The van der Waals surface area contributed by atoms with Gasteiger partial charge in [0.1, 0.15) is 0 Å².